The van der Waals surface area contributed by atoms with Crippen LogP contribution in [0.2, 0.25) is 0 Å². The van der Waals surface area contributed by atoms with Crippen LogP contribution in [0.15, 0.2) is 0 Å². The van der Waals surface area contributed by atoms with Crippen molar-refractivity contribution in [2.45, 2.75) is 110 Å². The molecule has 20 heavy (non-hydrogen) atoms. The van der Waals surface area contributed by atoms with E-state index in [4.69, 9.17) is 0 Å². The van der Waals surface area contributed by atoms with E-state index >= 15 is 0 Å². The number of hydrogen-bond donors (Lipinski definition) is 1. The molecule has 0 heterocycles. The van der Waals surface area contributed by atoms with Crippen LogP contribution in [-0.2, 0) is 0 Å². The van der Waals surface area contributed by atoms with Gasteiger partial charge in [0.15, 0.2) is 0 Å². The maximum Gasteiger partial charge on any atom is 0.0120 e. The van der Waals surface area contributed by atoms with E-state index in [0.717, 1.165) is 6.04 Å². The van der Waals surface area contributed by atoms with Gasteiger partial charge in [-0.15, -0.1) is 0 Å². The molecule has 1 saturated carbocycles. The van der Waals surface area contributed by atoms with E-state index in [9.17, 15) is 0 Å². The van der Waals surface area contributed by atoms with Crippen molar-refractivity contribution in [2.24, 2.45) is 5.41 Å². The zero-order valence-corrected chi connectivity index (χ0v) is 14.5. The van der Waals surface area contributed by atoms with Gasteiger partial charge in [-0.05, 0) is 38.1 Å². The number of unbranched alkanes of at least 4 members (excludes halogenated alkanes) is 7. The third kappa shape index (κ3) is 5.76. The van der Waals surface area contributed by atoms with Gasteiger partial charge in [0.05, 0.1) is 0 Å². The van der Waals surface area contributed by atoms with Crippen molar-refractivity contribution in [3.63, 3.8) is 0 Å². The highest BCUT2D eigenvalue weighted by atomic mass is 14.9. The molecule has 1 nitrogen and oxygen atoms in total. The summed E-state index contributed by atoms with van der Waals surface area (Å²) in [6.45, 7) is 4.70. The summed E-state index contributed by atoms with van der Waals surface area (Å²) in [5, 5.41) is 3.65. The Morgan fingerprint density at radius 3 is 1.90 bits per heavy atom. The molecule has 0 aromatic rings. The Labute approximate surface area is 128 Å². The van der Waals surface area contributed by atoms with Gasteiger partial charge in [0, 0.05) is 6.04 Å². The second-order valence-corrected chi connectivity index (χ2v) is 7.03. The summed E-state index contributed by atoms with van der Waals surface area (Å²) >= 11 is 0. The second-order valence-electron chi connectivity index (χ2n) is 7.03. The van der Waals surface area contributed by atoms with Gasteiger partial charge in [-0.1, -0.05) is 78.1 Å². The van der Waals surface area contributed by atoms with E-state index in [1.165, 1.54) is 89.9 Å². The summed E-state index contributed by atoms with van der Waals surface area (Å²) in [4.78, 5) is 0. The van der Waals surface area contributed by atoms with Crippen molar-refractivity contribution in [1.29, 1.82) is 0 Å². The topological polar surface area (TPSA) is 12.0 Å². The van der Waals surface area contributed by atoms with E-state index < -0.39 is 0 Å². The Balaban J connectivity index is 2.12. The lowest BCUT2D eigenvalue weighted by Crippen LogP contribution is -2.41. The van der Waals surface area contributed by atoms with E-state index in [-0.39, 0.29) is 0 Å². The highest BCUT2D eigenvalue weighted by Gasteiger charge is 2.38. The maximum absolute atomic E-state index is 3.65. The molecular weight excluding hydrogens is 242 g/mol. The van der Waals surface area contributed by atoms with Gasteiger partial charge in [0.2, 0.25) is 0 Å². The fourth-order valence-electron chi connectivity index (χ4n) is 4.27. The first-order valence-corrected chi connectivity index (χ1v) is 9.46. The summed E-state index contributed by atoms with van der Waals surface area (Å²) < 4.78 is 0. The summed E-state index contributed by atoms with van der Waals surface area (Å²) in [7, 11) is 2.19. The van der Waals surface area contributed by atoms with Gasteiger partial charge in [0.1, 0.15) is 0 Å². The highest BCUT2D eigenvalue weighted by Crippen LogP contribution is 2.45. The molecule has 1 atom stereocenters. The molecule has 0 saturated heterocycles. The third-order valence-electron chi connectivity index (χ3n) is 5.74. The van der Waals surface area contributed by atoms with Crippen LogP contribution in [0, 0.1) is 5.41 Å². The van der Waals surface area contributed by atoms with Crippen molar-refractivity contribution in [1.82, 2.24) is 5.32 Å². The monoisotopic (exact) mass is 281 g/mol. The normalized spacial score (nSPS) is 19.4. The molecule has 120 valence electrons. The van der Waals surface area contributed by atoms with Crippen molar-refractivity contribution in [3.8, 4) is 0 Å². The van der Waals surface area contributed by atoms with E-state index in [2.05, 4.69) is 26.2 Å². The van der Waals surface area contributed by atoms with E-state index in [1.807, 2.05) is 0 Å². The van der Waals surface area contributed by atoms with Gasteiger partial charge in [-0.25, -0.2) is 0 Å². The molecule has 0 aromatic heterocycles. The predicted molar refractivity (Wildman–Crippen MR) is 91.3 cm³/mol. The Bertz CT molecular complexity index is 218. The lowest BCUT2D eigenvalue weighted by Gasteiger charge is -2.37. The van der Waals surface area contributed by atoms with Gasteiger partial charge >= 0.3 is 0 Å². The molecule has 0 bridgehead atoms. The molecule has 0 aromatic carbocycles. The van der Waals surface area contributed by atoms with Crippen LogP contribution in [0.25, 0.3) is 0 Å². The standard InChI is InChI=1S/C19H39N/c1-4-6-7-8-9-10-11-12-15-18(20-3)19(5-2)16-13-14-17-19/h18,20H,4-17H2,1-3H3. The molecule has 1 rings (SSSR count). The zero-order chi connectivity index (χ0) is 14.7. The van der Waals surface area contributed by atoms with Crippen LogP contribution in [-0.4, -0.2) is 13.1 Å². The maximum atomic E-state index is 3.65. The minimum Gasteiger partial charge on any atom is -0.316 e. The lowest BCUT2D eigenvalue weighted by molar-refractivity contribution is 0.181. The van der Waals surface area contributed by atoms with Crippen molar-refractivity contribution < 1.29 is 0 Å². The molecule has 1 aliphatic carbocycles. The third-order valence-corrected chi connectivity index (χ3v) is 5.74. The van der Waals surface area contributed by atoms with Gasteiger partial charge in [-0.3, -0.25) is 0 Å². The summed E-state index contributed by atoms with van der Waals surface area (Å²) in [5.74, 6) is 0. The van der Waals surface area contributed by atoms with E-state index in [1.54, 1.807) is 0 Å². The van der Waals surface area contributed by atoms with Gasteiger partial charge < -0.3 is 5.32 Å². The molecule has 1 N–H and O–H groups in total. The molecule has 0 amide bonds. The average Bonchev–Trinajstić information content (AvgIpc) is 2.96. The van der Waals surface area contributed by atoms with Crippen LogP contribution in [0.5, 0.6) is 0 Å². The minimum absolute atomic E-state index is 0.635. The van der Waals surface area contributed by atoms with Crippen molar-refractivity contribution >= 4 is 0 Å². The van der Waals surface area contributed by atoms with Crippen LogP contribution in [0.4, 0.5) is 0 Å². The Hall–Kier alpha value is -0.0400. The fraction of sp³-hybridized carbons (Fsp3) is 1.00. The Morgan fingerprint density at radius 1 is 0.850 bits per heavy atom. The second kappa shape index (κ2) is 10.7. The van der Waals surface area contributed by atoms with Gasteiger partial charge in [-0.2, -0.15) is 0 Å². The molecule has 1 heteroatoms. The molecule has 1 aliphatic rings. The molecule has 0 aliphatic heterocycles. The smallest absolute Gasteiger partial charge is 0.0120 e. The quantitative estimate of drug-likeness (QED) is 0.428. The van der Waals surface area contributed by atoms with Crippen LogP contribution < -0.4 is 5.32 Å². The summed E-state index contributed by atoms with van der Waals surface area (Å²) in [6.07, 6.45) is 20.1. The first kappa shape index (κ1) is 18.0. The Kier molecular flexibility index (Phi) is 9.59. The molecule has 0 spiro atoms. The number of hydrogen-bond acceptors (Lipinski definition) is 1. The highest BCUT2D eigenvalue weighted by molar-refractivity contribution is 4.93. The lowest BCUT2D eigenvalue weighted by atomic mass is 9.74. The molecule has 0 radical (unpaired) electrons. The van der Waals surface area contributed by atoms with Crippen LogP contribution >= 0.6 is 0 Å². The molecular formula is C19H39N. The fourth-order valence-corrected chi connectivity index (χ4v) is 4.27. The average molecular weight is 282 g/mol. The van der Waals surface area contributed by atoms with Crippen LogP contribution in [0.3, 0.4) is 0 Å². The largest absolute Gasteiger partial charge is 0.316 e. The first-order valence-electron chi connectivity index (χ1n) is 9.46. The van der Waals surface area contributed by atoms with Crippen molar-refractivity contribution in [3.05, 3.63) is 0 Å². The summed E-state index contributed by atoms with van der Waals surface area (Å²) in [6, 6.07) is 0.773. The SMILES string of the molecule is CCCCCCCCCCC(NC)C1(CC)CCCC1. The van der Waals surface area contributed by atoms with Crippen LogP contribution in [0.1, 0.15) is 104 Å². The minimum atomic E-state index is 0.635. The van der Waals surface area contributed by atoms with Gasteiger partial charge in [0.25, 0.3) is 0 Å². The molecule has 1 fully saturated rings. The summed E-state index contributed by atoms with van der Waals surface area (Å²) in [5.41, 5.74) is 0.635. The van der Waals surface area contributed by atoms with Crippen molar-refractivity contribution in [2.75, 3.05) is 7.05 Å². The van der Waals surface area contributed by atoms with E-state index in [0.29, 0.717) is 5.41 Å². The number of nitrogens with one attached hydrogen (secondary N) is 1. The predicted octanol–water partition coefficient (Wildman–Crippen LogP) is 6.08. The zero-order valence-electron chi connectivity index (χ0n) is 14.5. The first-order chi connectivity index (χ1) is 9.79. The Morgan fingerprint density at radius 2 is 1.40 bits per heavy atom. The number of rotatable bonds is 12. The molecule has 1 unspecified atom stereocenters.